The van der Waals surface area contributed by atoms with Gasteiger partial charge in [0.1, 0.15) is 11.6 Å². The van der Waals surface area contributed by atoms with Gasteiger partial charge in [-0.2, -0.15) is 0 Å². The van der Waals surface area contributed by atoms with Crippen molar-refractivity contribution in [1.82, 2.24) is 4.90 Å². The van der Waals surface area contributed by atoms with E-state index in [1.54, 1.807) is 45.0 Å². The molecule has 0 unspecified atom stereocenters. The minimum Gasteiger partial charge on any atom is -0.458 e. The molecule has 0 spiro atoms. The van der Waals surface area contributed by atoms with Gasteiger partial charge >= 0.3 is 5.97 Å². The Morgan fingerprint density at radius 2 is 2.03 bits per heavy atom. The largest absolute Gasteiger partial charge is 0.458 e. The lowest BCUT2D eigenvalue weighted by atomic mass is 9.98. The summed E-state index contributed by atoms with van der Waals surface area (Å²) in [5.41, 5.74) is 6.41. The molecule has 0 aromatic heterocycles. The van der Waals surface area contributed by atoms with Crippen LogP contribution < -0.4 is 5.73 Å². The Morgan fingerprint density at radius 1 is 1.38 bits per heavy atom. The Bertz CT molecular complexity index is 812. The van der Waals surface area contributed by atoms with E-state index in [4.69, 9.17) is 10.5 Å². The highest BCUT2D eigenvalue weighted by atomic mass is 16.6. The highest BCUT2D eigenvalue weighted by molar-refractivity contribution is 6.01. The highest BCUT2D eigenvalue weighted by Gasteiger charge is 2.42. The van der Waals surface area contributed by atoms with E-state index in [-0.39, 0.29) is 18.7 Å². The van der Waals surface area contributed by atoms with Crippen LogP contribution in [0.5, 0.6) is 0 Å². The Balaban J connectivity index is 2.38. The molecule has 3 N–H and O–H groups in total. The lowest BCUT2D eigenvalue weighted by molar-refractivity contribution is -0.161. The van der Waals surface area contributed by atoms with Crippen LogP contribution in [0.25, 0.3) is 0 Å². The van der Waals surface area contributed by atoms with Crippen molar-refractivity contribution in [2.45, 2.75) is 70.7 Å². The quantitative estimate of drug-likeness (QED) is 0.513. The number of carbonyl (C=O) groups is 3. The van der Waals surface area contributed by atoms with Crippen molar-refractivity contribution in [3.63, 3.8) is 0 Å². The molecule has 1 aromatic carbocycles. The predicted molar refractivity (Wildman–Crippen MR) is 109 cm³/mol. The highest BCUT2D eigenvalue weighted by Crippen LogP contribution is 2.38. The van der Waals surface area contributed by atoms with Gasteiger partial charge in [-0.1, -0.05) is 18.2 Å². The van der Waals surface area contributed by atoms with Gasteiger partial charge in [0.15, 0.2) is 0 Å². The minimum absolute atomic E-state index is 0.0416. The number of nitrogens with two attached hydrogens (primary N) is 1. The van der Waals surface area contributed by atoms with Crippen molar-refractivity contribution < 1.29 is 24.2 Å². The Morgan fingerprint density at radius 3 is 2.59 bits per heavy atom. The van der Waals surface area contributed by atoms with Crippen LogP contribution in [0.4, 0.5) is 0 Å². The molecule has 0 aliphatic carbocycles. The first kappa shape index (κ1) is 22.6. The Kier molecular flexibility index (Phi) is 6.85. The zero-order valence-corrected chi connectivity index (χ0v) is 17.5. The van der Waals surface area contributed by atoms with Crippen LogP contribution in [0.2, 0.25) is 0 Å². The number of fused-ring (bicyclic) bond motifs is 1. The maximum Gasteiger partial charge on any atom is 0.329 e. The first-order chi connectivity index (χ1) is 13.5. The maximum atomic E-state index is 13.1. The molecule has 0 saturated carbocycles. The number of carbonyl (C=O) groups excluding carboxylic acids is 3. The molecule has 2 rings (SSSR count). The summed E-state index contributed by atoms with van der Waals surface area (Å²) in [5.74, 6) is -1.43. The lowest BCUT2D eigenvalue weighted by Gasteiger charge is -2.32. The van der Waals surface area contributed by atoms with Crippen LogP contribution in [0.3, 0.4) is 0 Å². The molecule has 1 aliphatic rings. The molecule has 7 heteroatoms. The lowest BCUT2D eigenvalue weighted by Crippen LogP contribution is -2.46. The number of hydrogen-bond acceptors (Lipinski definition) is 5. The summed E-state index contributed by atoms with van der Waals surface area (Å²) in [6, 6.07) is 3.80. The molecular weight excluding hydrogens is 372 g/mol. The summed E-state index contributed by atoms with van der Waals surface area (Å²) >= 11 is 0. The monoisotopic (exact) mass is 402 g/mol. The predicted octanol–water partition coefficient (Wildman–Crippen LogP) is 2.79. The SMILES string of the molecule is C=CC[C@@H](O)c1ccc2c(c1)[C@@H](C)N([C@@H](CCC(N)=O)C(=O)OC(C)(C)C)C2=O. The number of aliphatic hydroxyl groups is 1. The maximum absolute atomic E-state index is 13.1. The summed E-state index contributed by atoms with van der Waals surface area (Å²) in [6.45, 7) is 10.7. The van der Waals surface area contributed by atoms with E-state index in [1.807, 2.05) is 6.92 Å². The van der Waals surface area contributed by atoms with Gasteiger partial charge in [-0.15, -0.1) is 6.58 Å². The molecule has 1 aromatic rings. The van der Waals surface area contributed by atoms with E-state index >= 15 is 0 Å². The zero-order valence-electron chi connectivity index (χ0n) is 17.5. The molecule has 2 amide bonds. The molecule has 7 nitrogen and oxygen atoms in total. The summed E-state index contributed by atoms with van der Waals surface area (Å²) in [7, 11) is 0. The minimum atomic E-state index is -0.932. The van der Waals surface area contributed by atoms with Gasteiger partial charge in [-0.05, 0) is 57.7 Å². The van der Waals surface area contributed by atoms with E-state index in [0.717, 1.165) is 5.56 Å². The van der Waals surface area contributed by atoms with Crippen LogP contribution in [0.1, 0.15) is 80.6 Å². The van der Waals surface area contributed by atoms with Gasteiger partial charge in [-0.3, -0.25) is 9.59 Å². The molecule has 0 fully saturated rings. The number of nitrogens with zero attached hydrogens (tertiary/aromatic N) is 1. The van der Waals surface area contributed by atoms with Crippen molar-refractivity contribution in [3.05, 3.63) is 47.5 Å². The number of benzene rings is 1. The van der Waals surface area contributed by atoms with Crippen LogP contribution in [-0.4, -0.2) is 39.4 Å². The average Bonchev–Trinajstić information content (AvgIpc) is 2.85. The normalized spacial score (nSPS) is 18.2. The summed E-state index contributed by atoms with van der Waals surface area (Å²) < 4.78 is 5.50. The number of primary amides is 1. The molecule has 29 heavy (non-hydrogen) atoms. The van der Waals surface area contributed by atoms with Crippen molar-refractivity contribution in [3.8, 4) is 0 Å². The second-order valence-electron chi connectivity index (χ2n) is 8.33. The molecule has 0 saturated heterocycles. The fourth-order valence-electron chi connectivity index (χ4n) is 3.52. The Labute approximate surface area is 171 Å². The molecular formula is C22H30N2O5. The molecule has 1 aliphatic heterocycles. The van der Waals surface area contributed by atoms with E-state index in [0.29, 0.717) is 17.5 Å². The third-order valence-electron chi connectivity index (χ3n) is 4.86. The molecule has 3 atom stereocenters. The van der Waals surface area contributed by atoms with Crippen LogP contribution >= 0.6 is 0 Å². The first-order valence-electron chi connectivity index (χ1n) is 9.73. The molecule has 0 bridgehead atoms. The van der Waals surface area contributed by atoms with E-state index in [1.165, 1.54) is 4.90 Å². The molecule has 1 heterocycles. The fraction of sp³-hybridized carbons (Fsp3) is 0.500. The number of aliphatic hydroxyl groups excluding tert-OH is 1. The summed E-state index contributed by atoms with van der Waals surface area (Å²) in [4.78, 5) is 38.7. The van der Waals surface area contributed by atoms with Crippen molar-refractivity contribution in [2.24, 2.45) is 5.73 Å². The number of rotatable bonds is 8. The van der Waals surface area contributed by atoms with Gasteiger partial charge in [0, 0.05) is 12.0 Å². The summed E-state index contributed by atoms with van der Waals surface area (Å²) in [5, 5.41) is 10.2. The fourth-order valence-corrected chi connectivity index (χ4v) is 3.52. The topological polar surface area (TPSA) is 110 Å². The number of hydrogen-bond donors (Lipinski definition) is 2. The summed E-state index contributed by atoms with van der Waals surface area (Å²) in [6.07, 6.45) is 1.34. The standard InChI is InChI=1S/C22H30N2O5/c1-6-7-18(25)14-8-9-15-16(12-14)13(2)24(20(15)27)17(10-11-19(23)26)21(28)29-22(3,4)5/h6,8-9,12-13,17-18,25H,1,7,10-11H2,2-5H3,(H2,23,26)/t13-,17+,18-/m1/s1. The van der Waals surface area contributed by atoms with Crippen molar-refractivity contribution in [2.75, 3.05) is 0 Å². The van der Waals surface area contributed by atoms with Crippen LogP contribution in [-0.2, 0) is 14.3 Å². The second-order valence-corrected chi connectivity index (χ2v) is 8.33. The van der Waals surface area contributed by atoms with Gasteiger partial charge < -0.3 is 20.5 Å². The van der Waals surface area contributed by atoms with Crippen LogP contribution in [0.15, 0.2) is 30.9 Å². The van der Waals surface area contributed by atoms with Gasteiger partial charge in [0.05, 0.1) is 12.1 Å². The zero-order chi connectivity index (χ0) is 21.9. The van der Waals surface area contributed by atoms with E-state index < -0.39 is 35.7 Å². The van der Waals surface area contributed by atoms with E-state index in [2.05, 4.69) is 6.58 Å². The van der Waals surface area contributed by atoms with Crippen LogP contribution in [0, 0.1) is 0 Å². The molecule has 0 radical (unpaired) electrons. The number of ether oxygens (including phenoxy) is 1. The average molecular weight is 402 g/mol. The molecule has 158 valence electrons. The third kappa shape index (κ3) is 5.23. The van der Waals surface area contributed by atoms with Gasteiger partial charge in [-0.25, -0.2) is 4.79 Å². The Hall–Kier alpha value is -2.67. The smallest absolute Gasteiger partial charge is 0.329 e. The third-order valence-corrected chi connectivity index (χ3v) is 4.86. The van der Waals surface area contributed by atoms with E-state index in [9.17, 15) is 19.5 Å². The van der Waals surface area contributed by atoms with Crippen molar-refractivity contribution in [1.29, 1.82) is 0 Å². The second kappa shape index (κ2) is 8.78. The number of esters is 1. The van der Waals surface area contributed by atoms with Gasteiger partial charge in [0.25, 0.3) is 5.91 Å². The van der Waals surface area contributed by atoms with Crippen molar-refractivity contribution >= 4 is 17.8 Å². The number of amides is 2. The first-order valence-corrected chi connectivity index (χ1v) is 9.73. The van der Waals surface area contributed by atoms with Gasteiger partial charge in [0.2, 0.25) is 5.91 Å².